The molecule has 0 bridgehead atoms. The molecular weight excluding hydrogens is 392 g/mol. The second-order valence-electron chi connectivity index (χ2n) is 3.95. The second-order valence-corrected chi connectivity index (χ2v) is 6.50. The van der Waals surface area contributed by atoms with Gasteiger partial charge in [0.25, 0.3) is 0 Å². The van der Waals surface area contributed by atoms with Crippen LogP contribution in [0.15, 0.2) is 44.9 Å². The highest BCUT2D eigenvalue weighted by Gasteiger charge is 2.18. The summed E-state index contributed by atoms with van der Waals surface area (Å²) < 4.78 is 1.70. The van der Waals surface area contributed by atoms with E-state index in [4.69, 9.17) is 0 Å². The largest absolute Gasteiger partial charge is 0.381 e. The first-order valence-electron chi connectivity index (χ1n) is 5.49. The highest BCUT2D eigenvalue weighted by Crippen LogP contribution is 2.33. The number of hydrogen-bond acceptors (Lipinski definition) is 4. The van der Waals surface area contributed by atoms with Crippen LogP contribution in [0.25, 0.3) is 10.9 Å². The Balaban J connectivity index is 2.18. The summed E-state index contributed by atoms with van der Waals surface area (Å²) in [6.45, 7) is 0. The summed E-state index contributed by atoms with van der Waals surface area (Å²) in [6.07, 6.45) is 0.963. The van der Waals surface area contributed by atoms with Gasteiger partial charge in [0.2, 0.25) is 0 Å². The van der Waals surface area contributed by atoms with Crippen LogP contribution < -0.4 is 0 Å². The molecule has 0 amide bonds. The Morgan fingerprint density at radius 1 is 1.21 bits per heavy atom. The molecule has 1 N–H and O–H groups in total. The minimum absolute atomic E-state index is 0.654. The first-order valence-corrected chi connectivity index (χ1v) is 7.95. The molecule has 0 saturated heterocycles. The molecular formula is C13H8Br2N2OS. The van der Waals surface area contributed by atoms with Crippen LogP contribution in [0.2, 0.25) is 0 Å². The van der Waals surface area contributed by atoms with Crippen molar-refractivity contribution in [2.45, 2.75) is 6.10 Å². The van der Waals surface area contributed by atoms with E-state index in [9.17, 15) is 5.11 Å². The average molecular weight is 400 g/mol. The van der Waals surface area contributed by atoms with Gasteiger partial charge >= 0.3 is 0 Å². The molecule has 2 aromatic heterocycles. The van der Waals surface area contributed by atoms with Gasteiger partial charge in [-0.2, -0.15) is 0 Å². The molecule has 0 aliphatic rings. The molecule has 3 nitrogen and oxygen atoms in total. The fourth-order valence-corrected chi connectivity index (χ4v) is 3.62. The van der Waals surface area contributed by atoms with Gasteiger partial charge in [0.15, 0.2) is 0 Å². The molecule has 19 heavy (non-hydrogen) atoms. The Bertz CT molecular complexity index is 744. The maximum absolute atomic E-state index is 10.5. The zero-order valence-corrected chi connectivity index (χ0v) is 13.5. The Morgan fingerprint density at radius 3 is 2.79 bits per heavy atom. The lowest BCUT2D eigenvalue weighted by molar-refractivity contribution is 0.221. The molecule has 0 radical (unpaired) electrons. The number of thiazole rings is 1. The number of hydrogen-bond donors (Lipinski definition) is 1. The standard InChI is InChI=1S/C13H8Br2N2OS/c14-9-4-3-8(11-7(9)2-1-5-16-11)12(18)13-17-10(15)6-19-13/h1-6,12,18H. The van der Waals surface area contributed by atoms with E-state index in [-0.39, 0.29) is 0 Å². The topological polar surface area (TPSA) is 46.0 Å². The van der Waals surface area contributed by atoms with E-state index < -0.39 is 6.10 Å². The summed E-state index contributed by atoms with van der Waals surface area (Å²) >= 11 is 8.22. The van der Waals surface area contributed by atoms with Gasteiger partial charge in [0.1, 0.15) is 15.7 Å². The van der Waals surface area contributed by atoms with Crippen molar-refractivity contribution in [2.75, 3.05) is 0 Å². The maximum Gasteiger partial charge on any atom is 0.133 e. The quantitative estimate of drug-likeness (QED) is 0.698. The van der Waals surface area contributed by atoms with Crippen molar-refractivity contribution in [3.05, 3.63) is 55.5 Å². The third-order valence-corrected chi connectivity index (χ3v) is 5.07. The van der Waals surface area contributed by atoms with E-state index in [0.717, 1.165) is 25.5 Å². The van der Waals surface area contributed by atoms with Crippen molar-refractivity contribution in [1.29, 1.82) is 0 Å². The van der Waals surface area contributed by atoms with E-state index in [1.807, 2.05) is 29.6 Å². The predicted molar refractivity (Wildman–Crippen MR) is 83.3 cm³/mol. The number of nitrogens with zero attached hydrogens (tertiary/aromatic N) is 2. The third kappa shape index (κ3) is 2.45. The van der Waals surface area contributed by atoms with Gasteiger partial charge in [-0.15, -0.1) is 11.3 Å². The monoisotopic (exact) mass is 398 g/mol. The van der Waals surface area contributed by atoms with Crippen LogP contribution in [0, 0.1) is 0 Å². The van der Waals surface area contributed by atoms with Crippen molar-refractivity contribution in [3.63, 3.8) is 0 Å². The number of fused-ring (bicyclic) bond motifs is 1. The van der Waals surface area contributed by atoms with Gasteiger partial charge in [0.05, 0.1) is 5.52 Å². The van der Waals surface area contributed by atoms with Gasteiger partial charge in [-0.3, -0.25) is 4.98 Å². The molecule has 0 fully saturated rings. The Kier molecular flexibility index (Phi) is 3.66. The van der Waals surface area contributed by atoms with Gasteiger partial charge in [-0.25, -0.2) is 4.98 Å². The number of pyridine rings is 1. The fourth-order valence-electron chi connectivity index (χ4n) is 1.91. The van der Waals surface area contributed by atoms with Gasteiger partial charge in [0, 0.05) is 27.0 Å². The van der Waals surface area contributed by atoms with Crippen LogP contribution in [-0.2, 0) is 0 Å². The second kappa shape index (κ2) is 5.28. The zero-order chi connectivity index (χ0) is 13.4. The van der Waals surface area contributed by atoms with Crippen LogP contribution >= 0.6 is 43.2 Å². The van der Waals surface area contributed by atoms with Crippen molar-refractivity contribution < 1.29 is 5.11 Å². The average Bonchev–Trinajstić information content (AvgIpc) is 2.86. The Hall–Kier alpha value is -0.820. The molecule has 3 aromatic rings. The molecule has 1 atom stereocenters. The smallest absolute Gasteiger partial charge is 0.133 e. The van der Waals surface area contributed by atoms with Gasteiger partial charge < -0.3 is 5.11 Å². The van der Waals surface area contributed by atoms with Crippen molar-refractivity contribution >= 4 is 54.1 Å². The molecule has 3 rings (SSSR count). The minimum Gasteiger partial charge on any atom is -0.381 e. The van der Waals surface area contributed by atoms with E-state index >= 15 is 0 Å². The van der Waals surface area contributed by atoms with Crippen molar-refractivity contribution in [3.8, 4) is 0 Å². The predicted octanol–water partition coefficient (Wildman–Crippen LogP) is 4.30. The summed E-state index contributed by atoms with van der Waals surface area (Å²) in [5.41, 5.74) is 1.55. The molecule has 0 saturated carbocycles. The van der Waals surface area contributed by atoms with Gasteiger partial charge in [-0.05, 0) is 28.1 Å². The van der Waals surface area contributed by atoms with E-state index in [1.54, 1.807) is 6.20 Å². The number of aromatic nitrogens is 2. The molecule has 0 aliphatic heterocycles. The Labute approximate surface area is 130 Å². The highest BCUT2D eigenvalue weighted by molar-refractivity contribution is 9.10. The number of halogens is 2. The summed E-state index contributed by atoms with van der Waals surface area (Å²) in [5.74, 6) is 0. The molecule has 1 unspecified atom stereocenters. The lowest BCUT2D eigenvalue weighted by atomic mass is 10.1. The Morgan fingerprint density at radius 2 is 2.05 bits per heavy atom. The maximum atomic E-state index is 10.5. The van der Waals surface area contributed by atoms with Crippen molar-refractivity contribution in [1.82, 2.24) is 9.97 Å². The van der Waals surface area contributed by atoms with Crippen LogP contribution in [0.5, 0.6) is 0 Å². The number of benzene rings is 1. The molecule has 2 heterocycles. The normalized spacial score (nSPS) is 12.8. The van der Waals surface area contributed by atoms with E-state index in [2.05, 4.69) is 41.8 Å². The molecule has 0 spiro atoms. The van der Waals surface area contributed by atoms with Crippen LogP contribution in [-0.4, -0.2) is 15.1 Å². The summed E-state index contributed by atoms with van der Waals surface area (Å²) in [5, 5.41) is 14.0. The highest BCUT2D eigenvalue weighted by atomic mass is 79.9. The van der Waals surface area contributed by atoms with Gasteiger partial charge in [-0.1, -0.05) is 28.1 Å². The van der Waals surface area contributed by atoms with E-state index in [1.165, 1.54) is 11.3 Å². The minimum atomic E-state index is -0.762. The number of aliphatic hydroxyl groups is 1. The first-order chi connectivity index (χ1) is 9.16. The lowest BCUT2D eigenvalue weighted by Gasteiger charge is -2.11. The zero-order valence-electron chi connectivity index (χ0n) is 9.55. The number of rotatable bonds is 2. The summed E-state index contributed by atoms with van der Waals surface area (Å²) in [7, 11) is 0. The molecule has 0 aliphatic carbocycles. The van der Waals surface area contributed by atoms with Crippen molar-refractivity contribution in [2.24, 2.45) is 0 Å². The van der Waals surface area contributed by atoms with Crippen LogP contribution in [0.4, 0.5) is 0 Å². The first kappa shape index (κ1) is 13.2. The SMILES string of the molecule is OC(c1nc(Br)cs1)c1ccc(Br)c2cccnc12. The van der Waals surface area contributed by atoms with E-state index in [0.29, 0.717) is 5.01 Å². The lowest BCUT2D eigenvalue weighted by Crippen LogP contribution is -2.01. The summed E-state index contributed by atoms with van der Waals surface area (Å²) in [6, 6.07) is 7.65. The van der Waals surface area contributed by atoms with Crippen LogP contribution in [0.1, 0.15) is 16.7 Å². The molecule has 6 heteroatoms. The molecule has 96 valence electrons. The summed E-state index contributed by atoms with van der Waals surface area (Å²) in [4.78, 5) is 8.63. The fraction of sp³-hybridized carbons (Fsp3) is 0.0769. The number of aliphatic hydroxyl groups excluding tert-OH is 1. The molecule has 1 aromatic carbocycles. The third-order valence-electron chi connectivity index (χ3n) is 2.77. The van der Waals surface area contributed by atoms with Crippen LogP contribution in [0.3, 0.4) is 0 Å².